The second-order valence-electron chi connectivity index (χ2n) is 6.50. The average molecular weight is 370 g/mol. The summed E-state index contributed by atoms with van der Waals surface area (Å²) in [7, 11) is 0. The standard InChI is InChI=1S/C19H19N3OS2/c1-12-5-6-13-10-14(11-16-18(23)21-19(24)25-16)17(20-15(13)9-12)22-7-3-2-4-8-22/h5-6,9-11H,2-4,7-8H2,1H3,(H,21,23,24)/b16-11-. The largest absolute Gasteiger partial charge is 0.356 e. The molecule has 1 amide bonds. The number of hydrogen-bond donors (Lipinski definition) is 1. The van der Waals surface area contributed by atoms with E-state index in [0.717, 1.165) is 35.4 Å². The summed E-state index contributed by atoms with van der Waals surface area (Å²) in [6, 6.07) is 8.43. The molecule has 0 aliphatic carbocycles. The van der Waals surface area contributed by atoms with Gasteiger partial charge in [0.15, 0.2) is 0 Å². The molecule has 1 aromatic heterocycles. The van der Waals surface area contributed by atoms with Crippen LogP contribution in [0.2, 0.25) is 0 Å². The number of carbonyl (C=O) groups is 1. The van der Waals surface area contributed by atoms with Gasteiger partial charge in [0.25, 0.3) is 5.91 Å². The lowest BCUT2D eigenvalue weighted by atomic mass is 10.1. The van der Waals surface area contributed by atoms with E-state index in [1.807, 2.05) is 6.08 Å². The lowest BCUT2D eigenvalue weighted by molar-refractivity contribution is -0.115. The molecule has 0 radical (unpaired) electrons. The molecule has 3 heterocycles. The summed E-state index contributed by atoms with van der Waals surface area (Å²) >= 11 is 6.42. The minimum atomic E-state index is -0.122. The van der Waals surface area contributed by atoms with Crippen LogP contribution in [0.5, 0.6) is 0 Å². The summed E-state index contributed by atoms with van der Waals surface area (Å²) in [5.41, 5.74) is 3.19. The molecule has 25 heavy (non-hydrogen) atoms. The van der Waals surface area contributed by atoms with E-state index < -0.39 is 0 Å². The van der Waals surface area contributed by atoms with Gasteiger partial charge in [-0.15, -0.1) is 0 Å². The van der Waals surface area contributed by atoms with Crippen molar-refractivity contribution in [1.82, 2.24) is 10.3 Å². The Hall–Kier alpha value is -1.92. The predicted octanol–water partition coefficient (Wildman–Crippen LogP) is 4.02. The Labute approximate surface area is 156 Å². The van der Waals surface area contributed by atoms with Crippen molar-refractivity contribution in [3.05, 3.63) is 40.3 Å². The first-order valence-electron chi connectivity index (χ1n) is 8.51. The van der Waals surface area contributed by atoms with E-state index in [2.05, 4.69) is 41.4 Å². The molecule has 128 valence electrons. The van der Waals surface area contributed by atoms with Crippen molar-refractivity contribution in [3.8, 4) is 0 Å². The van der Waals surface area contributed by atoms with Crippen molar-refractivity contribution in [2.24, 2.45) is 0 Å². The number of rotatable bonds is 2. The SMILES string of the molecule is Cc1ccc2cc(/C=C3\SC(=S)NC3=O)c(N3CCCCC3)nc2c1. The molecule has 2 saturated heterocycles. The number of aryl methyl sites for hydroxylation is 1. The molecule has 1 N–H and O–H groups in total. The van der Waals surface area contributed by atoms with E-state index in [9.17, 15) is 4.79 Å². The minimum Gasteiger partial charge on any atom is -0.356 e. The molecular formula is C19H19N3OS2. The highest BCUT2D eigenvalue weighted by atomic mass is 32.2. The Kier molecular flexibility index (Phi) is 4.48. The van der Waals surface area contributed by atoms with Crippen molar-refractivity contribution in [1.29, 1.82) is 0 Å². The molecule has 0 spiro atoms. The molecule has 4 rings (SSSR count). The summed E-state index contributed by atoms with van der Waals surface area (Å²) in [6.07, 6.45) is 5.56. The van der Waals surface area contributed by atoms with Crippen LogP contribution in [-0.2, 0) is 4.79 Å². The van der Waals surface area contributed by atoms with Crippen LogP contribution in [0, 0.1) is 6.92 Å². The number of thiocarbonyl (C=S) groups is 1. The van der Waals surface area contributed by atoms with Gasteiger partial charge in [-0.1, -0.05) is 36.1 Å². The molecule has 2 fully saturated rings. The summed E-state index contributed by atoms with van der Waals surface area (Å²) in [6.45, 7) is 4.11. The Balaban J connectivity index is 1.85. The average Bonchev–Trinajstić information content (AvgIpc) is 2.92. The predicted molar refractivity (Wildman–Crippen MR) is 109 cm³/mol. The van der Waals surface area contributed by atoms with Gasteiger partial charge >= 0.3 is 0 Å². The van der Waals surface area contributed by atoms with Gasteiger partial charge in [0.2, 0.25) is 0 Å². The quantitative estimate of drug-likeness (QED) is 0.640. The molecular weight excluding hydrogens is 350 g/mol. The monoisotopic (exact) mass is 369 g/mol. The number of amides is 1. The number of carbonyl (C=O) groups excluding carboxylic acids is 1. The van der Waals surface area contributed by atoms with E-state index in [0.29, 0.717) is 9.23 Å². The van der Waals surface area contributed by atoms with Crippen molar-refractivity contribution < 1.29 is 4.79 Å². The zero-order chi connectivity index (χ0) is 17.4. The third-order valence-electron chi connectivity index (χ3n) is 4.57. The maximum atomic E-state index is 12.1. The zero-order valence-electron chi connectivity index (χ0n) is 14.0. The van der Waals surface area contributed by atoms with Gasteiger partial charge in [0.1, 0.15) is 10.1 Å². The molecule has 2 aliphatic heterocycles. The number of hydrogen-bond acceptors (Lipinski definition) is 5. The Bertz CT molecular complexity index is 901. The summed E-state index contributed by atoms with van der Waals surface area (Å²) in [5, 5.41) is 3.77. The van der Waals surface area contributed by atoms with Gasteiger partial charge in [0, 0.05) is 24.0 Å². The molecule has 0 saturated carbocycles. The highest BCUT2D eigenvalue weighted by molar-refractivity contribution is 8.26. The van der Waals surface area contributed by atoms with Crippen molar-refractivity contribution in [2.75, 3.05) is 18.0 Å². The van der Waals surface area contributed by atoms with Crippen LogP contribution in [0.4, 0.5) is 5.82 Å². The van der Waals surface area contributed by atoms with Crippen LogP contribution in [0.15, 0.2) is 29.2 Å². The van der Waals surface area contributed by atoms with Gasteiger partial charge in [-0.25, -0.2) is 4.98 Å². The van der Waals surface area contributed by atoms with Gasteiger partial charge in [-0.05, 0) is 50.0 Å². The van der Waals surface area contributed by atoms with E-state index >= 15 is 0 Å². The molecule has 0 unspecified atom stereocenters. The number of pyridine rings is 1. The number of nitrogens with one attached hydrogen (secondary N) is 1. The summed E-state index contributed by atoms with van der Waals surface area (Å²) < 4.78 is 0.514. The van der Waals surface area contributed by atoms with E-state index in [4.69, 9.17) is 17.2 Å². The fraction of sp³-hybridized carbons (Fsp3) is 0.316. The maximum absolute atomic E-state index is 12.1. The number of anilines is 1. The van der Waals surface area contributed by atoms with Crippen molar-refractivity contribution in [3.63, 3.8) is 0 Å². The fourth-order valence-electron chi connectivity index (χ4n) is 3.31. The molecule has 2 aliphatic rings. The number of fused-ring (bicyclic) bond motifs is 1. The molecule has 4 nitrogen and oxygen atoms in total. The third-order valence-corrected chi connectivity index (χ3v) is 5.73. The lowest BCUT2D eigenvalue weighted by Gasteiger charge is -2.29. The number of benzene rings is 1. The van der Waals surface area contributed by atoms with Crippen LogP contribution in [-0.4, -0.2) is 28.3 Å². The topological polar surface area (TPSA) is 45.2 Å². The van der Waals surface area contributed by atoms with Crippen LogP contribution in [0.1, 0.15) is 30.4 Å². The first kappa shape index (κ1) is 16.5. The number of piperidine rings is 1. The molecule has 6 heteroatoms. The Morgan fingerprint density at radius 3 is 2.76 bits per heavy atom. The van der Waals surface area contributed by atoms with Gasteiger partial charge < -0.3 is 10.2 Å². The normalized spacial score (nSPS) is 19.7. The third kappa shape index (κ3) is 3.41. The maximum Gasteiger partial charge on any atom is 0.263 e. The van der Waals surface area contributed by atoms with E-state index in [1.54, 1.807) is 0 Å². The fourth-order valence-corrected chi connectivity index (χ4v) is 4.35. The number of nitrogens with zero attached hydrogens (tertiary/aromatic N) is 2. The van der Waals surface area contributed by atoms with Crippen LogP contribution >= 0.6 is 24.0 Å². The van der Waals surface area contributed by atoms with Gasteiger partial charge in [-0.2, -0.15) is 0 Å². The highest BCUT2D eigenvalue weighted by Gasteiger charge is 2.24. The Morgan fingerprint density at radius 1 is 1.24 bits per heavy atom. The number of thioether (sulfide) groups is 1. The lowest BCUT2D eigenvalue weighted by Crippen LogP contribution is -2.30. The summed E-state index contributed by atoms with van der Waals surface area (Å²) in [4.78, 5) is 20.0. The van der Waals surface area contributed by atoms with Crippen LogP contribution < -0.4 is 10.2 Å². The van der Waals surface area contributed by atoms with E-state index in [1.165, 1.54) is 36.6 Å². The smallest absolute Gasteiger partial charge is 0.263 e. The second kappa shape index (κ2) is 6.77. The molecule has 2 aromatic rings. The Morgan fingerprint density at radius 2 is 2.04 bits per heavy atom. The van der Waals surface area contributed by atoms with Gasteiger partial charge in [0.05, 0.1) is 10.4 Å². The molecule has 1 aromatic carbocycles. The van der Waals surface area contributed by atoms with Crippen molar-refractivity contribution >= 4 is 57.0 Å². The first-order chi connectivity index (χ1) is 12.1. The van der Waals surface area contributed by atoms with Crippen molar-refractivity contribution in [2.45, 2.75) is 26.2 Å². The molecule has 0 atom stereocenters. The zero-order valence-corrected chi connectivity index (χ0v) is 15.7. The van der Waals surface area contributed by atoms with Gasteiger partial charge in [-0.3, -0.25) is 4.79 Å². The highest BCUT2D eigenvalue weighted by Crippen LogP contribution is 2.32. The van der Waals surface area contributed by atoms with Crippen LogP contribution in [0.25, 0.3) is 17.0 Å². The first-order valence-corrected chi connectivity index (χ1v) is 9.74. The summed E-state index contributed by atoms with van der Waals surface area (Å²) in [5.74, 6) is 0.847. The number of aromatic nitrogens is 1. The van der Waals surface area contributed by atoms with Crippen LogP contribution in [0.3, 0.4) is 0 Å². The minimum absolute atomic E-state index is 0.122. The van der Waals surface area contributed by atoms with E-state index in [-0.39, 0.29) is 5.91 Å². The molecule has 0 bridgehead atoms. The second-order valence-corrected chi connectivity index (χ2v) is 8.22.